The van der Waals surface area contributed by atoms with Gasteiger partial charge in [-0.2, -0.15) is 0 Å². The SMILES string of the molecule is COc1ccc(O)c([C@@H]2C(O)=C3Nc4ccccc4N3CN2c2ccc(C(=O)O)cc2)c1. The van der Waals surface area contributed by atoms with Gasteiger partial charge in [-0.05, 0) is 54.6 Å². The van der Waals surface area contributed by atoms with E-state index in [1.54, 1.807) is 24.3 Å². The minimum Gasteiger partial charge on any atom is -0.508 e. The van der Waals surface area contributed by atoms with Crippen molar-refractivity contribution in [3.63, 3.8) is 0 Å². The number of nitrogens with zero attached hydrogens (tertiary/aromatic N) is 2. The average Bonchev–Trinajstić information content (AvgIpc) is 3.19. The molecule has 8 heteroatoms. The van der Waals surface area contributed by atoms with Crippen LogP contribution in [0.2, 0.25) is 0 Å². The van der Waals surface area contributed by atoms with Crippen molar-refractivity contribution in [3.8, 4) is 11.5 Å². The smallest absolute Gasteiger partial charge is 0.335 e. The first-order chi connectivity index (χ1) is 15.5. The largest absolute Gasteiger partial charge is 0.508 e. The van der Waals surface area contributed by atoms with Gasteiger partial charge >= 0.3 is 5.97 Å². The number of hydrogen-bond acceptors (Lipinski definition) is 7. The summed E-state index contributed by atoms with van der Waals surface area (Å²) in [6.45, 7) is 0.358. The summed E-state index contributed by atoms with van der Waals surface area (Å²) in [7, 11) is 1.54. The molecule has 0 fully saturated rings. The maximum atomic E-state index is 11.4. The van der Waals surface area contributed by atoms with Gasteiger partial charge in [-0.15, -0.1) is 0 Å². The highest BCUT2D eigenvalue weighted by atomic mass is 16.5. The lowest BCUT2D eigenvalue weighted by molar-refractivity contribution is 0.0697. The number of hydrogen-bond donors (Lipinski definition) is 4. The van der Waals surface area contributed by atoms with Crippen molar-refractivity contribution >= 4 is 23.0 Å². The quantitative estimate of drug-likeness (QED) is 0.485. The van der Waals surface area contributed by atoms with Gasteiger partial charge in [0.25, 0.3) is 0 Å². The summed E-state index contributed by atoms with van der Waals surface area (Å²) >= 11 is 0. The molecule has 0 aliphatic carbocycles. The maximum Gasteiger partial charge on any atom is 0.335 e. The number of nitrogens with one attached hydrogen (secondary N) is 1. The highest BCUT2D eigenvalue weighted by Gasteiger charge is 2.40. The number of aromatic carboxylic acids is 1. The predicted molar refractivity (Wildman–Crippen MR) is 120 cm³/mol. The summed E-state index contributed by atoms with van der Waals surface area (Å²) in [5.41, 5.74) is 3.10. The third-order valence-corrected chi connectivity index (χ3v) is 5.80. The van der Waals surface area contributed by atoms with Crippen molar-refractivity contribution in [1.82, 2.24) is 0 Å². The molecule has 8 nitrogen and oxygen atoms in total. The zero-order valence-corrected chi connectivity index (χ0v) is 17.2. The monoisotopic (exact) mass is 431 g/mol. The van der Waals surface area contributed by atoms with E-state index >= 15 is 0 Å². The second kappa shape index (κ2) is 7.42. The maximum absolute atomic E-state index is 11.4. The lowest BCUT2D eigenvalue weighted by Crippen LogP contribution is -2.46. The van der Waals surface area contributed by atoms with E-state index in [9.17, 15) is 20.1 Å². The molecule has 5 rings (SSSR count). The van der Waals surface area contributed by atoms with Crippen LogP contribution in [0.25, 0.3) is 0 Å². The minimum atomic E-state index is -1.01. The normalized spacial score (nSPS) is 17.0. The number of carboxylic acid groups (broad SMARTS) is 1. The van der Waals surface area contributed by atoms with Crippen molar-refractivity contribution < 1.29 is 24.9 Å². The van der Waals surface area contributed by atoms with E-state index in [2.05, 4.69) is 5.32 Å². The molecular formula is C24H21N3O5. The fourth-order valence-corrected chi connectivity index (χ4v) is 4.21. The van der Waals surface area contributed by atoms with Crippen LogP contribution in [0.4, 0.5) is 17.1 Å². The van der Waals surface area contributed by atoms with E-state index < -0.39 is 12.0 Å². The van der Waals surface area contributed by atoms with E-state index in [0.717, 1.165) is 11.4 Å². The fraction of sp³-hybridized carbons (Fsp3) is 0.125. The van der Waals surface area contributed by atoms with E-state index in [1.165, 1.54) is 25.3 Å². The standard InChI is InChI=1S/C24H21N3O5/c1-32-16-10-11-20(28)17(12-16)21-22(29)23-25-18-4-2-3-5-19(18)27(23)13-26(21)15-8-6-14(7-9-15)24(30)31/h2-12,21,25,28-29H,13H2,1H3,(H,30,31)/t21-/m1/s1. The number of phenols is 1. The first-order valence-corrected chi connectivity index (χ1v) is 10.0. The summed E-state index contributed by atoms with van der Waals surface area (Å²) in [4.78, 5) is 15.2. The summed E-state index contributed by atoms with van der Waals surface area (Å²) in [5, 5.41) is 34.6. The number of aliphatic hydroxyl groups excluding tert-OH is 1. The molecule has 0 amide bonds. The second-order valence-electron chi connectivity index (χ2n) is 7.59. The van der Waals surface area contributed by atoms with Crippen LogP contribution in [-0.4, -0.2) is 35.1 Å². The molecule has 4 N–H and O–H groups in total. The highest BCUT2D eigenvalue weighted by molar-refractivity contribution is 5.88. The number of carbonyl (C=O) groups is 1. The third-order valence-electron chi connectivity index (χ3n) is 5.80. The number of ether oxygens (including phenoxy) is 1. The molecule has 2 heterocycles. The van der Waals surface area contributed by atoms with Crippen LogP contribution >= 0.6 is 0 Å². The summed E-state index contributed by atoms with van der Waals surface area (Å²) in [6.07, 6.45) is 0. The van der Waals surface area contributed by atoms with Crippen LogP contribution in [0.15, 0.2) is 78.3 Å². The Balaban J connectivity index is 1.67. The van der Waals surface area contributed by atoms with Gasteiger partial charge in [0, 0.05) is 11.3 Å². The molecule has 0 spiro atoms. The van der Waals surface area contributed by atoms with Gasteiger partial charge in [-0.1, -0.05) is 12.1 Å². The van der Waals surface area contributed by atoms with Crippen LogP contribution in [0, 0.1) is 0 Å². The molecule has 162 valence electrons. The molecule has 3 aromatic rings. The van der Waals surface area contributed by atoms with Crippen molar-refractivity contribution in [2.75, 3.05) is 28.9 Å². The Morgan fingerprint density at radius 2 is 1.81 bits per heavy atom. The summed E-state index contributed by atoms with van der Waals surface area (Å²) in [6, 6.07) is 18.3. The van der Waals surface area contributed by atoms with Crippen molar-refractivity contribution in [2.45, 2.75) is 6.04 Å². The number of aliphatic hydroxyl groups is 1. The predicted octanol–water partition coefficient (Wildman–Crippen LogP) is 4.28. The molecule has 2 aliphatic heterocycles. The number of rotatable bonds is 4. The van der Waals surface area contributed by atoms with Crippen molar-refractivity contribution in [2.24, 2.45) is 0 Å². The Bertz CT molecular complexity index is 1240. The highest BCUT2D eigenvalue weighted by Crippen LogP contribution is 2.47. The Morgan fingerprint density at radius 3 is 2.53 bits per heavy atom. The summed E-state index contributed by atoms with van der Waals surface area (Å²) in [5.74, 6) is 0.107. The Kier molecular flexibility index (Phi) is 4.55. The number of methoxy groups -OCH3 is 1. The minimum absolute atomic E-state index is 0.0130. The molecule has 1 atom stereocenters. The van der Waals surface area contributed by atoms with Crippen LogP contribution in [0.3, 0.4) is 0 Å². The number of fused-ring (bicyclic) bond motifs is 3. The Hall–Kier alpha value is -4.33. The van der Waals surface area contributed by atoms with Crippen molar-refractivity contribution in [1.29, 1.82) is 0 Å². The van der Waals surface area contributed by atoms with E-state index in [-0.39, 0.29) is 17.1 Å². The second-order valence-corrected chi connectivity index (χ2v) is 7.59. The van der Waals surface area contributed by atoms with Crippen LogP contribution < -0.4 is 19.9 Å². The first kappa shape index (κ1) is 19.6. The zero-order valence-electron chi connectivity index (χ0n) is 17.2. The molecule has 0 saturated carbocycles. The van der Waals surface area contributed by atoms with Gasteiger partial charge in [0.2, 0.25) is 0 Å². The average molecular weight is 431 g/mol. The molecule has 3 aromatic carbocycles. The fourth-order valence-electron chi connectivity index (χ4n) is 4.21. The molecule has 0 bridgehead atoms. The number of benzene rings is 3. The van der Waals surface area contributed by atoms with Gasteiger partial charge in [0.05, 0.1) is 30.7 Å². The number of anilines is 3. The molecular weight excluding hydrogens is 410 g/mol. The van der Waals surface area contributed by atoms with Crippen LogP contribution in [0.1, 0.15) is 22.0 Å². The van der Waals surface area contributed by atoms with Gasteiger partial charge in [-0.25, -0.2) is 4.79 Å². The van der Waals surface area contributed by atoms with Gasteiger partial charge < -0.3 is 35.2 Å². The molecule has 0 radical (unpaired) electrons. The van der Waals surface area contributed by atoms with Gasteiger partial charge in [0.15, 0.2) is 11.6 Å². The molecule has 0 saturated heterocycles. The number of carboxylic acids is 1. The molecule has 2 aliphatic rings. The van der Waals surface area contributed by atoms with Crippen LogP contribution in [-0.2, 0) is 0 Å². The Morgan fingerprint density at radius 1 is 1.06 bits per heavy atom. The number of aromatic hydroxyl groups is 1. The first-order valence-electron chi connectivity index (χ1n) is 10.0. The summed E-state index contributed by atoms with van der Waals surface area (Å²) < 4.78 is 5.34. The van der Waals surface area contributed by atoms with Gasteiger partial charge in [0.1, 0.15) is 17.5 Å². The van der Waals surface area contributed by atoms with E-state index in [0.29, 0.717) is 29.5 Å². The molecule has 0 aromatic heterocycles. The van der Waals surface area contributed by atoms with E-state index in [1.807, 2.05) is 34.1 Å². The molecule has 32 heavy (non-hydrogen) atoms. The number of para-hydroxylation sites is 2. The number of phenolic OH excluding ortho intramolecular Hbond substituents is 1. The van der Waals surface area contributed by atoms with Gasteiger partial charge in [-0.3, -0.25) is 0 Å². The molecule has 0 unspecified atom stereocenters. The Labute approximate surface area is 184 Å². The third kappa shape index (κ3) is 3.04. The van der Waals surface area contributed by atoms with Crippen molar-refractivity contribution in [3.05, 3.63) is 89.4 Å². The zero-order chi connectivity index (χ0) is 22.4. The lowest BCUT2D eigenvalue weighted by Gasteiger charge is -2.42. The van der Waals surface area contributed by atoms with Crippen LogP contribution in [0.5, 0.6) is 11.5 Å². The van der Waals surface area contributed by atoms with E-state index in [4.69, 9.17) is 4.74 Å². The topological polar surface area (TPSA) is 105 Å². The lowest BCUT2D eigenvalue weighted by atomic mass is 9.99.